The summed E-state index contributed by atoms with van der Waals surface area (Å²) in [6.07, 6.45) is 4.38. The smallest absolute Gasteiger partial charge is 0.252 e. The van der Waals surface area contributed by atoms with Crippen LogP contribution in [0.25, 0.3) is 0 Å². The minimum absolute atomic E-state index is 0.00333. The van der Waals surface area contributed by atoms with Crippen LogP contribution in [-0.4, -0.2) is 23.7 Å². The van der Waals surface area contributed by atoms with Crippen LogP contribution >= 0.6 is 0 Å². The number of aliphatic imine (C=N–C) groups is 1. The summed E-state index contributed by atoms with van der Waals surface area (Å²) >= 11 is 0. The first-order chi connectivity index (χ1) is 9.70. The van der Waals surface area contributed by atoms with E-state index in [1.54, 1.807) is 0 Å². The van der Waals surface area contributed by atoms with Crippen LogP contribution in [0, 0.1) is 0 Å². The Labute approximate surface area is 127 Å². The molecule has 0 aromatic heterocycles. The highest BCUT2D eigenvalue weighted by atomic mass is 16.1. The van der Waals surface area contributed by atoms with Crippen molar-refractivity contribution in [3.8, 4) is 0 Å². The predicted molar refractivity (Wildman–Crippen MR) is 87.2 cm³/mol. The van der Waals surface area contributed by atoms with E-state index in [1.165, 1.54) is 0 Å². The monoisotopic (exact) mass is 289 g/mol. The van der Waals surface area contributed by atoms with Gasteiger partial charge in [0, 0.05) is 22.2 Å². The largest absolute Gasteiger partial charge is 0.365 e. The zero-order valence-electron chi connectivity index (χ0n) is 13.9. The third kappa shape index (κ3) is 3.74. The summed E-state index contributed by atoms with van der Waals surface area (Å²) in [6, 6.07) is 0. The molecule has 2 aliphatic carbocycles. The van der Waals surface area contributed by atoms with Gasteiger partial charge in [-0.2, -0.15) is 0 Å². The van der Waals surface area contributed by atoms with E-state index in [9.17, 15) is 4.79 Å². The van der Waals surface area contributed by atoms with Crippen molar-refractivity contribution in [3.63, 3.8) is 0 Å². The maximum atomic E-state index is 12.6. The first-order valence-corrected chi connectivity index (χ1v) is 7.66. The van der Waals surface area contributed by atoms with E-state index in [0.29, 0.717) is 0 Å². The summed E-state index contributed by atoms with van der Waals surface area (Å²) in [4.78, 5) is 16.7. The molecule has 4 nitrogen and oxygen atoms in total. The van der Waals surface area contributed by atoms with Gasteiger partial charge < -0.3 is 10.6 Å². The molecule has 0 aromatic rings. The molecule has 1 amide bonds. The second-order valence-electron chi connectivity index (χ2n) is 7.21. The SMILES string of the molecule is C=N/C(NC1(C)CC1)=C(\C)C(C(=O)NC1(C)CC1)=C(C)C. The number of nitrogens with one attached hydrogen (secondary N) is 2. The van der Waals surface area contributed by atoms with Gasteiger partial charge >= 0.3 is 0 Å². The van der Waals surface area contributed by atoms with Gasteiger partial charge in [-0.25, -0.2) is 4.99 Å². The predicted octanol–water partition coefficient (Wildman–Crippen LogP) is 3.07. The number of allylic oxidation sites excluding steroid dienone is 1. The lowest BCUT2D eigenvalue weighted by molar-refractivity contribution is -0.118. The van der Waals surface area contributed by atoms with E-state index >= 15 is 0 Å². The minimum Gasteiger partial charge on any atom is -0.365 e. The summed E-state index contributed by atoms with van der Waals surface area (Å²) in [7, 11) is 0. The quantitative estimate of drug-likeness (QED) is 0.448. The molecule has 2 aliphatic rings. The number of hydrogen-bond donors (Lipinski definition) is 2. The zero-order chi connectivity index (χ0) is 15.8. The van der Waals surface area contributed by atoms with Crippen LogP contribution in [0.4, 0.5) is 0 Å². The standard InChI is InChI=1S/C17H27N3O/c1-11(2)13(15(21)20-17(5)9-10-17)12(3)14(18-6)19-16(4)7-8-16/h19H,6-10H2,1-5H3,(H,20,21)/b14-12-. The molecule has 0 heterocycles. The van der Waals surface area contributed by atoms with Gasteiger partial charge in [-0.3, -0.25) is 4.79 Å². The number of amides is 1. The highest BCUT2D eigenvalue weighted by molar-refractivity contribution is 5.99. The highest BCUT2D eigenvalue weighted by Crippen LogP contribution is 2.37. The Morgan fingerprint density at radius 2 is 1.48 bits per heavy atom. The molecule has 116 valence electrons. The minimum atomic E-state index is -0.0181. The third-order valence-electron chi connectivity index (χ3n) is 4.45. The van der Waals surface area contributed by atoms with Gasteiger partial charge in [0.15, 0.2) is 0 Å². The lowest BCUT2D eigenvalue weighted by Gasteiger charge is -2.20. The highest BCUT2D eigenvalue weighted by Gasteiger charge is 2.40. The molecule has 2 rings (SSSR count). The lowest BCUT2D eigenvalue weighted by atomic mass is 10.0. The average Bonchev–Trinajstić information content (AvgIpc) is 3.27. The Bertz CT molecular complexity index is 530. The molecule has 2 saturated carbocycles. The summed E-state index contributed by atoms with van der Waals surface area (Å²) in [6.45, 7) is 13.8. The van der Waals surface area contributed by atoms with Crippen LogP contribution in [0.2, 0.25) is 0 Å². The number of nitrogens with zero attached hydrogens (tertiary/aromatic N) is 1. The van der Waals surface area contributed by atoms with Crippen molar-refractivity contribution in [3.05, 3.63) is 22.5 Å². The number of carbonyl (C=O) groups is 1. The molecule has 0 spiro atoms. The van der Waals surface area contributed by atoms with Crippen LogP contribution in [0.15, 0.2) is 27.5 Å². The molecule has 4 heteroatoms. The first-order valence-electron chi connectivity index (χ1n) is 7.66. The van der Waals surface area contributed by atoms with E-state index in [-0.39, 0.29) is 17.0 Å². The van der Waals surface area contributed by atoms with E-state index in [4.69, 9.17) is 0 Å². The van der Waals surface area contributed by atoms with Crippen molar-refractivity contribution < 1.29 is 4.79 Å². The van der Waals surface area contributed by atoms with Crippen LogP contribution in [-0.2, 0) is 4.79 Å². The maximum Gasteiger partial charge on any atom is 0.252 e. The van der Waals surface area contributed by atoms with Crippen molar-refractivity contribution in [1.29, 1.82) is 0 Å². The van der Waals surface area contributed by atoms with Crippen LogP contribution < -0.4 is 10.6 Å². The topological polar surface area (TPSA) is 53.5 Å². The Kier molecular flexibility index (Phi) is 4.00. The first kappa shape index (κ1) is 15.8. The van der Waals surface area contributed by atoms with Gasteiger partial charge in [0.05, 0.1) is 0 Å². The Hall–Kier alpha value is -1.58. The molecular formula is C17H27N3O. The van der Waals surface area contributed by atoms with Crippen molar-refractivity contribution in [2.45, 2.75) is 71.4 Å². The van der Waals surface area contributed by atoms with Gasteiger partial charge in [-0.1, -0.05) is 5.57 Å². The molecule has 0 saturated heterocycles. The molecule has 0 unspecified atom stereocenters. The van der Waals surface area contributed by atoms with E-state index in [2.05, 4.69) is 36.2 Å². The van der Waals surface area contributed by atoms with Crippen LogP contribution in [0.5, 0.6) is 0 Å². The summed E-state index contributed by atoms with van der Waals surface area (Å²) in [5.74, 6) is 0.721. The van der Waals surface area contributed by atoms with Gasteiger partial charge in [0.1, 0.15) is 5.82 Å². The molecule has 0 aromatic carbocycles. The molecular weight excluding hydrogens is 262 g/mol. The van der Waals surface area contributed by atoms with Gasteiger partial charge in [0.2, 0.25) is 0 Å². The average molecular weight is 289 g/mol. The van der Waals surface area contributed by atoms with Crippen molar-refractivity contribution >= 4 is 12.6 Å². The van der Waals surface area contributed by atoms with E-state index in [1.807, 2.05) is 20.8 Å². The van der Waals surface area contributed by atoms with E-state index in [0.717, 1.165) is 48.2 Å². The van der Waals surface area contributed by atoms with Gasteiger partial charge in [-0.05, 0) is 67.0 Å². The number of hydrogen-bond acceptors (Lipinski definition) is 3. The van der Waals surface area contributed by atoms with Crippen molar-refractivity contribution in [1.82, 2.24) is 10.6 Å². The van der Waals surface area contributed by atoms with E-state index < -0.39 is 0 Å². The fraction of sp³-hybridized carbons (Fsp3) is 0.647. The lowest BCUT2D eigenvalue weighted by Crippen LogP contribution is -2.36. The van der Waals surface area contributed by atoms with Crippen LogP contribution in [0.3, 0.4) is 0 Å². The molecule has 2 fully saturated rings. The Morgan fingerprint density at radius 1 is 1.00 bits per heavy atom. The fourth-order valence-electron chi connectivity index (χ4n) is 2.39. The molecule has 2 N–H and O–H groups in total. The normalized spacial score (nSPS) is 21.8. The molecule has 0 radical (unpaired) electrons. The molecule has 0 bridgehead atoms. The maximum absolute atomic E-state index is 12.6. The third-order valence-corrected chi connectivity index (χ3v) is 4.45. The molecule has 0 aliphatic heterocycles. The molecule has 21 heavy (non-hydrogen) atoms. The second kappa shape index (κ2) is 5.32. The summed E-state index contributed by atoms with van der Waals surface area (Å²) in [5, 5.41) is 6.55. The number of carbonyl (C=O) groups excluding carboxylic acids is 1. The van der Waals surface area contributed by atoms with Crippen LogP contribution in [0.1, 0.15) is 60.3 Å². The summed E-state index contributed by atoms with van der Waals surface area (Å²) in [5.41, 5.74) is 2.69. The van der Waals surface area contributed by atoms with Gasteiger partial charge in [0.25, 0.3) is 5.91 Å². The Morgan fingerprint density at radius 3 is 1.86 bits per heavy atom. The second-order valence-corrected chi connectivity index (χ2v) is 7.21. The Balaban J connectivity index is 2.25. The zero-order valence-corrected chi connectivity index (χ0v) is 13.9. The summed E-state index contributed by atoms with van der Waals surface area (Å²) < 4.78 is 0. The number of rotatable bonds is 6. The van der Waals surface area contributed by atoms with Gasteiger partial charge in [-0.15, -0.1) is 0 Å². The molecule has 0 atom stereocenters. The van der Waals surface area contributed by atoms with Crippen molar-refractivity contribution in [2.24, 2.45) is 4.99 Å². The fourth-order valence-corrected chi connectivity index (χ4v) is 2.39. The van der Waals surface area contributed by atoms with Crippen molar-refractivity contribution in [2.75, 3.05) is 0 Å².